The lowest BCUT2D eigenvalue weighted by Crippen LogP contribution is -2.39. The minimum absolute atomic E-state index is 0.186. The summed E-state index contributed by atoms with van der Waals surface area (Å²) in [6.45, 7) is 12.0. The molecule has 19 heavy (non-hydrogen) atoms. The van der Waals surface area contributed by atoms with Gasteiger partial charge in [-0.25, -0.2) is 0 Å². The van der Waals surface area contributed by atoms with Crippen molar-refractivity contribution in [1.82, 2.24) is 15.1 Å². The SMILES string of the molecule is CCCC(CNC(C)(C)C)Cc1c(Br)c(C)nn1C. The first kappa shape index (κ1) is 16.7. The van der Waals surface area contributed by atoms with Gasteiger partial charge in [0.1, 0.15) is 0 Å². The molecule has 3 nitrogen and oxygen atoms in total. The Morgan fingerprint density at radius 3 is 2.42 bits per heavy atom. The number of nitrogens with one attached hydrogen (secondary N) is 1. The third kappa shape index (κ3) is 5.27. The second-order valence-electron chi connectivity index (χ2n) is 6.46. The Kier molecular flexibility index (Phi) is 6.06. The van der Waals surface area contributed by atoms with E-state index in [1.54, 1.807) is 0 Å². The summed E-state index contributed by atoms with van der Waals surface area (Å²) in [6.07, 6.45) is 3.56. The van der Waals surface area contributed by atoms with Crippen molar-refractivity contribution >= 4 is 15.9 Å². The Morgan fingerprint density at radius 1 is 1.37 bits per heavy atom. The van der Waals surface area contributed by atoms with Crippen molar-refractivity contribution in [3.05, 3.63) is 15.9 Å². The van der Waals surface area contributed by atoms with Crippen molar-refractivity contribution in [3.8, 4) is 0 Å². The summed E-state index contributed by atoms with van der Waals surface area (Å²) in [5.41, 5.74) is 2.58. The van der Waals surface area contributed by atoms with Gasteiger partial charge in [-0.2, -0.15) is 5.10 Å². The van der Waals surface area contributed by atoms with E-state index in [9.17, 15) is 0 Å². The van der Waals surface area contributed by atoms with Crippen LogP contribution in [0.3, 0.4) is 0 Å². The molecule has 1 N–H and O–H groups in total. The number of hydrogen-bond acceptors (Lipinski definition) is 2. The van der Waals surface area contributed by atoms with Crippen LogP contribution in [0.2, 0.25) is 0 Å². The molecule has 0 radical (unpaired) electrons. The maximum Gasteiger partial charge on any atom is 0.0738 e. The Hall–Kier alpha value is -0.350. The smallest absolute Gasteiger partial charge is 0.0738 e. The summed E-state index contributed by atoms with van der Waals surface area (Å²) < 4.78 is 3.19. The van der Waals surface area contributed by atoms with Gasteiger partial charge < -0.3 is 5.32 Å². The van der Waals surface area contributed by atoms with Crippen molar-refractivity contribution in [3.63, 3.8) is 0 Å². The van der Waals surface area contributed by atoms with Crippen molar-refractivity contribution in [1.29, 1.82) is 0 Å². The molecule has 1 unspecified atom stereocenters. The van der Waals surface area contributed by atoms with E-state index in [2.05, 4.69) is 61.0 Å². The molecular formula is C15H28BrN3. The number of aromatic nitrogens is 2. The first-order valence-corrected chi connectivity index (χ1v) is 7.97. The standard InChI is InChI=1S/C15H28BrN3/c1-7-8-12(10-17-15(3,4)5)9-13-14(16)11(2)18-19(13)6/h12,17H,7-10H2,1-6H3. The number of aryl methyl sites for hydroxylation is 2. The van der Waals surface area contributed by atoms with E-state index in [1.165, 1.54) is 23.0 Å². The van der Waals surface area contributed by atoms with Crippen LogP contribution in [-0.2, 0) is 13.5 Å². The summed E-state index contributed by atoms with van der Waals surface area (Å²) in [4.78, 5) is 0. The van der Waals surface area contributed by atoms with E-state index in [0.717, 1.165) is 18.7 Å². The first-order valence-electron chi connectivity index (χ1n) is 7.17. The summed E-state index contributed by atoms with van der Waals surface area (Å²) in [5.74, 6) is 0.662. The molecule has 1 aromatic rings. The summed E-state index contributed by atoms with van der Waals surface area (Å²) in [5, 5.41) is 8.11. The van der Waals surface area contributed by atoms with Crippen LogP contribution in [-0.4, -0.2) is 21.9 Å². The molecule has 1 rings (SSSR count). The van der Waals surface area contributed by atoms with E-state index >= 15 is 0 Å². The molecule has 0 aliphatic carbocycles. The molecule has 1 heterocycles. The fourth-order valence-electron chi connectivity index (χ4n) is 2.31. The van der Waals surface area contributed by atoms with Gasteiger partial charge in [-0.3, -0.25) is 4.68 Å². The normalized spacial score (nSPS) is 13.8. The molecule has 110 valence electrons. The monoisotopic (exact) mass is 329 g/mol. The third-order valence-corrected chi connectivity index (χ3v) is 4.39. The first-order chi connectivity index (χ1) is 8.74. The highest BCUT2D eigenvalue weighted by molar-refractivity contribution is 9.10. The predicted molar refractivity (Wildman–Crippen MR) is 85.5 cm³/mol. The van der Waals surface area contributed by atoms with Gasteiger partial charge in [-0.05, 0) is 68.9 Å². The van der Waals surface area contributed by atoms with E-state index in [0.29, 0.717) is 5.92 Å². The Balaban J connectivity index is 2.72. The van der Waals surface area contributed by atoms with Crippen molar-refractivity contribution in [2.45, 2.75) is 59.4 Å². The lowest BCUT2D eigenvalue weighted by molar-refractivity contribution is 0.351. The molecule has 0 aliphatic rings. The summed E-state index contributed by atoms with van der Waals surface area (Å²) in [6, 6.07) is 0. The van der Waals surface area contributed by atoms with Crippen LogP contribution in [0, 0.1) is 12.8 Å². The quantitative estimate of drug-likeness (QED) is 0.859. The van der Waals surface area contributed by atoms with E-state index < -0.39 is 0 Å². The second kappa shape index (κ2) is 6.89. The average molecular weight is 330 g/mol. The zero-order valence-electron chi connectivity index (χ0n) is 13.2. The molecule has 1 atom stereocenters. The number of hydrogen-bond donors (Lipinski definition) is 1. The van der Waals surface area contributed by atoms with Crippen LogP contribution in [0.5, 0.6) is 0 Å². The predicted octanol–water partition coefficient (Wildman–Crippen LogP) is 3.84. The Labute approximate surface area is 126 Å². The average Bonchev–Trinajstić information content (AvgIpc) is 2.52. The highest BCUT2D eigenvalue weighted by Crippen LogP contribution is 2.24. The molecule has 0 aromatic carbocycles. The van der Waals surface area contributed by atoms with Crippen molar-refractivity contribution in [2.24, 2.45) is 13.0 Å². The lowest BCUT2D eigenvalue weighted by Gasteiger charge is -2.25. The summed E-state index contributed by atoms with van der Waals surface area (Å²) in [7, 11) is 2.04. The van der Waals surface area contributed by atoms with Crippen LogP contribution in [0.15, 0.2) is 4.47 Å². The van der Waals surface area contributed by atoms with E-state index in [4.69, 9.17) is 0 Å². The number of halogens is 1. The van der Waals surface area contributed by atoms with Gasteiger partial charge in [0.25, 0.3) is 0 Å². The molecule has 1 aromatic heterocycles. The molecule has 0 amide bonds. The van der Waals surface area contributed by atoms with E-state index in [1.807, 2.05) is 11.7 Å². The van der Waals surface area contributed by atoms with Crippen molar-refractivity contribution < 1.29 is 0 Å². The van der Waals surface area contributed by atoms with Crippen LogP contribution in [0.25, 0.3) is 0 Å². The topological polar surface area (TPSA) is 29.9 Å². The van der Waals surface area contributed by atoms with Gasteiger partial charge in [0.2, 0.25) is 0 Å². The third-order valence-electron chi connectivity index (χ3n) is 3.36. The van der Waals surface area contributed by atoms with Gasteiger partial charge in [0, 0.05) is 12.6 Å². The number of rotatable bonds is 6. The van der Waals surface area contributed by atoms with Gasteiger partial charge in [0.15, 0.2) is 0 Å². The van der Waals surface area contributed by atoms with Crippen LogP contribution in [0.1, 0.15) is 51.9 Å². The highest BCUT2D eigenvalue weighted by atomic mass is 79.9. The Morgan fingerprint density at radius 2 is 2.00 bits per heavy atom. The second-order valence-corrected chi connectivity index (χ2v) is 7.25. The minimum Gasteiger partial charge on any atom is -0.312 e. The minimum atomic E-state index is 0.186. The molecular weight excluding hydrogens is 302 g/mol. The van der Waals surface area contributed by atoms with Crippen LogP contribution < -0.4 is 5.32 Å². The zero-order valence-corrected chi connectivity index (χ0v) is 14.8. The highest BCUT2D eigenvalue weighted by Gasteiger charge is 2.18. The van der Waals surface area contributed by atoms with Gasteiger partial charge >= 0.3 is 0 Å². The van der Waals surface area contributed by atoms with Gasteiger partial charge in [0.05, 0.1) is 15.9 Å². The molecule has 0 fully saturated rings. The lowest BCUT2D eigenvalue weighted by atomic mass is 9.96. The maximum absolute atomic E-state index is 4.48. The number of nitrogens with zero attached hydrogens (tertiary/aromatic N) is 2. The van der Waals surface area contributed by atoms with Crippen molar-refractivity contribution in [2.75, 3.05) is 6.54 Å². The maximum atomic E-state index is 4.48. The Bertz CT molecular complexity index is 404. The molecule has 0 saturated heterocycles. The van der Waals surface area contributed by atoms with Gasteiger partial charge in [-0.1, -0.05) is 13.3 Å². The molecule has 0 spiro atoms. The van der Waals surface area contributed by atoms with Crippen LogP contribution >= 0.6 is 15.9 Å². The molecule has 0 aliphatic heterocycles. The van der Waals surface area contributed by atoms with E-state index in [-0.39, 0.29) is 5.54 Å². The fourth-order valence-corrected chi connectivity index (χ4v) is 2.81. The fraction of sp³-hybridized carbons (Fsp3) is 0.800. The zero-order chi connectivity index (χ0) is 14.6. The van der Waals surface area contributed by atoms with Gasteiger partial charge in [-0.15, -0.1) is 0 Å². The molecule has 0 bridgehead atoms. The molecule has 0 saturated carbocycles. The molecule has 4 heteroatoms. The summed E-state index contributed by atoms with van der Waals surface area (Å²) >= 11 is 3.67. The largest absolute Gasteiger partial charge is 0.312 e. The van der Waals surface area contributed by atoms with Crippen LogP contribution in [0.4, 0.5) is 0 Å².